The van der Waals surface area contributed by atoms with E-state index in [1.54, 1.807) is 6.92 Å². The number of ether oxygens (including phenoxy) is 1. The summed E-state index contributed by atoms with van der Waals surface area (Å²) in [4.78, 5) is 11.4. The maximum absolute atomic E-state index is 11.4. The fraction of sp³-hybridized carbons (Fsp3) is 0.500. The molecule has 0 aliphatic heterocycles. The minimum atomic E-state index is -0.600. The van der Waals surface area contributed by atoms with Gasteiger partial charge >= 0.3 is 5.97 Å². The van der Waals surface area contributed by atoms with Gasteiger partial charge in [-0.1, -0.05) is 38.1 Å². The van der Waals surface area contributed by atoms with Crippen molar-refractivity contribution in [2.75, 3.05) is 6.61 Å². The van der Waals surface area contributed by atoms with E-state index in [0.717, 1.165) is 5.56 Å². The summed E-state index contributed by atoms with van der Waals surface area (Å²) in [6.07, 6.45) is 0.515. The summed E-state index contributed by atoms with van der Waals surface area (Å²) in [6.45, 7) is 6.43. The second-order valence-electron chi connectivity index (χ2n) is 4.32. The van der Waals surface area contributed by atoms with Gasteiger partial charge in [0.2, 0.25) is 0 Å². The van der Waals surface area contributed by atoms with Gasteiger partial charge in [0.05, 0.1) is 6.61 Å². The Balaban J connectivity index is 2.68. The predicted molar refractivity (Wildman–Crippen MR) is 70.5 cm³/mol. The smallest absolute Gasteiger partial charge is 0.324 e. The van der Waals surface area contributed by atoms with Crippen LogP contribution >= 0.6 is 11.6 Å². The molecule has 0 saturated heterocycles. The van der Waals surface area contributed by atoms with Gasteiger partial charge < -0.3 is 4.74 Å². The summed E-state index contributed by atoms with van der Waals surface area (Å²) in [5, 5.41) is -0.600. The summed E-state index contributed by atoms with van der Waals surface area (Å²) < 4.78 is 4.88. The van der Waals surface area contributed by atoms with Crippen molar-refractivity contribution in [2.45, 2.75) is 38.5 Å². The van der Waals surface area contributed by atoms with Crippen LogP contribution < -0.4 is 0 Å². The molecule has 0 heterocycles. The third-order valence-electron chi connectivity index (χ3n) is 2.57. The van der Waals surface area contributed by atoms with Crippen molar-refractivity contribution in [3.63, 3.8) is 0 Å². The van der Waals surface area contributed by atoms with E-state index in [0.29, 0.717) is 18.9 Å². The Labute approximate surface area is 108 Å². The highest BCUT2D eigenvalue weighted by Gasteiger charge is 2.17. The molecule has 0 radical (unpaired) electrons. The van der Waals surface area contributed by atoms with E-state index in [9.17, 15) is 4.79 Å². The molecule has 1 unspecified atom stereocenters. The van der Waals surface area contributed by atoms with Gasteiger partial charge in [-0.2, -0.15) is 0 Å². The van der Waals surface area contributed by atoms with Crippen LogP contribution in [0.5, 0.6) is 0 Å². The van der Waals surface area contributed by atoms with E-state index < -0.39 is 5.38 Å². The number of carbonyl (C=O) groups is 1. The van der Waals surface area contributed by atoms with Gasteiger partial charge in [-0.05, 0) is 30.4 Å². The fourth-order valence-electron chi connectivity index (χ4n) is 1.60. The van der Waals surface area contributed by atoms with Gasteiger partial charge in [-0.3, -0.25) is 4.79 Å². The number of esters is 1. The lowest BCUT2D eigenvalue weighted by molar-refractivity contribution is -0.142. The molecule has 0 aliphatic rings. The highest BCUT2D eigenvalue weighted by molar-refractivity contribution is 6.30. The topological polar surface area (TPSA) is 26.3 Å². The molecule has 3 heteroatoms. The van der Waals surface area contributed by atoms with Crippen LogP contribution in [0.1, 0.15) is 37.8 Å². The fourth-order valence-corrected chi connectivity index (χ4v) is 1.84. The third kappa shape index (κ3) is 4.39. The highest BCUT2D eigenvalue weighted by Crippen LogP contribution is 2.18. The van der Waals surface area contributed by atoms with E-state index in [-0.39, 0.29) is 5.97 Å². The SMILES string of the molecule is CCOC(=O)C(Cl)Cc1cccc(C(C)C)c1. The molecule has 0 fully saturated rings. The summed E-state index contributed by atoms with van der Waals surface area (Å²) >= 11 is 6.00. The van der Waals surface area contributed by atoms with E-state index in [4.69, 9.17) is 16.3 Å². The Hall–Kier alpha value is -1.02. The van der Waals surface area contributed by atoms with Crippen LogP contribution in [0.2, 0.25) is 0 Å². The Kier molecular flexibility index (Phi) is 5.49. The normalized spacial score (nSPS) is 12.5. The number of hydrogen-bond acceptors (Lipinski definition) is 2. The molecule has 0 saturated carbocycles. The van der Waals surface area contributed by atoms with Crippen LogP contribution in [0.4, 0.5) is 0 Å². The molecule has 0 aliphatic carbocycles. The molecule has 1 atom stereocenters. The second kappa shape index (κ2) is 6.65. The minimum absolute atomic E-state index is 0.343. The van der Waals surface area contributed by atoms with Crippen molar-refractivity contribution >= 4 is 17.6 Å². The first-order chi connectivity index (χ1) is 8.04. The number of hydrogen-bond donors (Lipinski definition) is 0. The summed E-state index contributed by atoms with van der Waals surface area (Å²) in [6, 6.07) is 8.17. The number of benzene rings is 1. The molecule has 0 amide bonds. The zero-order valence-electron chi connectivity index (χ0n) is 10.6. The summed E-state index contributed by atoms with van der Waals surface area (Å²) in [7, 11) is 0. The van der Waals surface area contributed by atoms with Crippen LogP contribution in [0.15, 0.2) is 24.3 Å². The first-order valence-electron chi connectivity index (χ1n) is 5.94. The zero-order chi connectivity index (χ0) is 12.8. The average molecular weight is 255 g/mol. The number of halogens is 1. The third-order valence-corrected chi connectivity index (χ3v) is 2.91. The van der Waals surface area contributed by atoms with Crippen LogP contribution in [-0.2, 0) is 16.0 Å². The number of rotatable bonds is 5. The zero-order valence-corrected chi connectivity index (χ0v) is 11.3. The Morgan fingerprint density at radius 3 is 2.71 bits per heavy atom. The Morgan fingerprint density at radius 2 is 2.12 bits per heavy atom. The summed E-state index contributed by atoms with van der Waals surface area (Å²) in [5.74, 6) is 0.135. The molecule has 0 spiro atoms. The van der Waals surface area contributed by atoms with Gasteiger partial charge in [0, 0.05) is 0 Å². The van der Waals surface area contributed by atoms with Crippen molar-refractivity contribution < 1.29 is 9.53 Å². The van der Waals surface area contributed by atoms with E-state index in [1.165, 1.54) is 5.56 Å². The molecule has 94 valence electrons. The van der Waals surface area contributed by atoms with Crippen molar-refractivity contribution in [1.29, 1.82) is 0 Å². The number of carbonyl (C=O) groups excluding carboxylic acids is 1. The lowest BCUT2D eigenvalue weighted by atomic mass is 9.99. The van der Waals surface area contributed by atoms with E-state index in [1.807, 2.05) is 12.1 Å². The van der Waals surface area contributed by atoms with Crippen LogP contribution in [0.3, 0.4) is 0 Å². The molecular formula is C14H19ClO2. The molecule has 1 aromatic carbocycles. The number of alkyl halides is 1. The second-order valence-corrected chi connectivity index (χ2v) is 4.85. The van der Waals surface area contributed by atoms with Crippen molar-refractivity contribution in [3.8, 4) is 0 Å². The lowest BCUT2D eigenvalue weighted by Crippen LogP contribution is -2.20. The maximum Gasteiger partial charge on any atom is 0.324 e. The van der Waals surface area contributed by atoms with Crippen molar-refractivity contribution in [1.82, 2.24) is 0 Å². The first kappa shape index (κ1) is 14.0. The molecule has 17 heavy (non-hydrogen) atoms. The van der Waals surface area contributed by atoms with Gasteiger partial charge in [0.1, 0.15) is 5.38 Å². The molecule has 0 aromatic heterocycles. The monoisotopic (exact) mass is 254 g/mol. The predicted octanol–water partition coefficient (Wildman–Crippen LogP) is 3.52. The Morgan fingerprint density at radius 1 is 1.41 bits per heavy atom. The Bertz CT molecular complexity index is 374. The van der Waals surface area contributed by atoms with Gasteiger partial charge in [0.25, 0.3) is 0 Å². The van der Waals surface area contributed by atoms with E-state index in [2.05, 4.69) is 26.0 Å². The maximum atomic E-state index is 11.4. The van der Waals surface area contributed by atoms with Gasteiger partial charge in [-0.15, -0.1) is 11.6 Å². The van der Waals surface area contributed by atoms with Gasteiger partial charge in [0.15, 0.2) is 0 Å². The lowest BCUT2D eigenvalue weighted by Gasteiger charge is -2.11. The highest BCUT2D eigenvalue weighted by atomic mass is 35.5. The van der Waals surface area contributed by atoms with Crippen LogP contribution in [0, 0.1) is 0 Å². The first-order valence-corrected chi connectivity index (χ1v) is 6.37. The largest absolute Gasteiger partial charge is 0.465 e. The molecule has 1 rings (SSSR count). The molecule has 2 nitrogen and oxygen atoms in total. The van der Waals surface area contributed by atoms with Crippen LogP contribution in [-0.4, -0.2) is 18.0 Å². The van der Waals surface area contributed by atoms with Crippen molar-refractivity contribution in [3.05, 3.63) is 35.4 Å². The molecule has 0 bridgehead atoms. The molecular weight excluding hydrogens is 236 g/mol. The van der Waals surface area contributed by atoms with Gasteiger partial charge in [-0.25, -0.2) is 0 Å². The average Bonchev–Trinajstić information content (AvgIpc) is 2.29. The minimum Gasteiger partial charge on any atom is -0.465 e. The quantitative estimate of drug-likeness (QED) is 0.594. The molecule has 0 N–H and O–H groups in total. The molecule has 1 aromatic rings. The van der Waals surface area contributed by atoms with Crippen LogP contribution in [0.25, 0.3) is 0 Å². The van der Waals surface area contributed by atoms with E-state index >= 15 is 0 Å². The van der Waals surface area contributed by atoms with Crippen molar-refractivity contribution in [2.24, 2.45) is 0 Å². The standard InChI is InChI=1S/C14H19ClO2/c1-4-17-14(16)13(15)9-11-6-5-7-12(8-11)10(2)3/h5-8,10,13H,4,9H2,1-3H3. The summed E-state index contributed by atoms with van der Waals surface area (Å²) in [5.41, 5.74) is 2.33.